The van der Waals surface area contributed by atoms with Gasteiger partial charge in [0.1, 0.15) is 0 Å². The summed E-state index contributed by atoms with van der Waals surface area (Å²) < 4.78 is 5.12. The molecule has 0 amide bonds. The van der Waals surface area contributed by atoms with Crippen LogP contribution >= 0.6 is 0 Å². The first kappa shape index (κ1) is 12.7. The van der Waals surface area contributed by atoms with Gasteiger partial charge in [-0.1, -0.05) is 0 Å². The van der Waals surface area contributed by atoms with Gasteiger partial charge in [0.15, 0.2) is 5.96 Å². The minimum atomic E-state index is 0.00103. The van der Waals surface area contributed by atoms with E-state index in [9.17, 15) is 0 Å². The largest absolute Gasteiger partial charge is 0.380 e. The van der Waals surface area contributed by atoms with Crippen LogP contribution in [0.4, 0.5) is 0 Å². The first-order valence-corrected chi connectivity index (χ1v) is 4.66. The van der Waals surface area contributed by atoms with E-state index in [0.717, 1.165) is 6.54 Å². The number of guanidine groups is 2. The zero-order chi connectivity index (χ0) is 10.8. The van der Waals surface area contributed by atoms with Gasteiger partial charge in [-0.2, -0.15) is 4.99 Å². The molecule has 6 heteroatoms. The van der Waals surface area contributed by atoms with Gasteiger partial charge < -0.3 is 21.5 Å². The molecule has 0 rings (SSSR count). The Bertz CT molecular complexity index is 198. The third-order valence-electron chi connectivity index (χ3n) is 1.27. The smallest absolute Gasteiger partial charge is 0.221 e. The number of nitrogens with one attached hydrogen (secondary N) is 1. The van der Waals surface area contributed by atoms with Crippen LogP contribution in [0.2, 0.25) is 0 Å². The Morgan fingerprint density at radius 1 is 1.36 bits per heavy atom. The van der Waals surface area contributed by atoms with Crippen molar-refractivity contribution in [2.45, 2.75) is 13.8 Å². The van der Waals surface area contributed by atoms with Gasteiger partial charge in [-0.3, -0.25) is 0 Å². The lowest BCUT2D eigenvalue weighted by Crippen LogP contribution is -2.29. The predicted molar refractivity (Wildman–Crippen MR) is 58.3 cm³/mol. The van der Waals surface area contributed by atoms with Crippen LogP contribution < -0.4 is 16.8 Å². The van der Waals surface area contributed by atoms with Crippen molar-refractivity contribution in [3.63, 3.8) is 0 Å². The van der Waals surface area contributed by atoms with Gasteiger partial charge in [0.05, 0.1) is 13.2 Å². The molecule has 0 aliphatic carbocycles. The first-order chi connectivity index (χ1) is 6.70. The van der Waals surface area contributed by atoms with Crippen molar-refractivity contribution in [2.75, 3.05) is 26.3 Å². The summed E-state index contributed by atoms with van der Waals surface area (Å²) >= 11 is 0. The Morgan fingerprint density at radius 3 is 2.57 bits per heavy atom. The molecule has 0 spiro atoms. The SMILES string of the molecule is CCNC(N=C(N)N)=NCCOCC. The fourth-order valence-corrected chi connectivity index (χ4v) is 0.772. The van der Waals surface area contributed by atoms with E-state index in [-0.39, 0.29) is 5.96 Å². The molecule has 0 saturated heterocycles. The van der Waals surface area contributed by atoms with Crippen molar-refractivity contribution in [3.05, 3.63) is 0 Å². The highest BCUT2D eigenvalue weighted by Crippen LogP contribution is 1.80. The second kappa shape index (κ2) is 8.31. The van der Waals surface area contributed by atoms with Crippen LogP contribution in [0.1, 0.15) is 13.8 Å². The lowest BCUT2D eigenvalue weighted by atomic mass is 10.6. The molecule has 5 N–H and O–H groups in total. The lowest BCUT2D eigenvalue weighted by Gasteiger charge is -2.03. The molecular formula is C8H19N5O. The molecule has 0 aromatic carbocycles. The minimum absolute atomic E-state index is 0.00103. The highest BCUT2D eigenvalue weighted by atomic mass is 16.5. The average Bonchev–Trinajstić information content (AvgIpc) is 2.12. The van der Waals surface area contributed by atoms with Gasteiger partial charge >= 0.3 is 0 Å². The number of ether oxygens (including phenoxy) is 1. The predicted octanol–water partition coefficient (Wildman–Crippen LogP) is -0.738. The van der Waals surface area contributed by atoms with Crippen LogP contribution in [0.5, 0.6) is 0 Å². The van der Waals surface area contributed by atoms with Crippen LogP contribution in [0.3, 0.4) is 0 Å². The third kappa shape index (κ3) is 7.35. The summed E-state index contributed by atoms with van der Waals surface area (Å²) in [5.41, 5.74) is 10.5. The molecule has 0 aromatic rings. The molecule has 0 atom stereocenters. The van der Waals surface area contributed by atoms with Crippen molar-refractivity contribution in [1.29, 1.82) is 0 Å². The number of aliphatic imine (C=N–C) groups is 2. The summed E-state index contributed by atoms with van der Waals surface area (Å²) in [7, 11) is 0. The molecule has 0 bridgehead atoms. The Hall–Kier alpha value is -1.30. The quantitative estimate of drug-likeness (QED) is 0.310. The van der Waals surface area contributed by atoms with E-state index in [4.69, 9.17) is 16.2 Å². The maximum atomic E-state index is 5.23. The topological polar surface area (TPSA) is 98.0 Å². The summed E-state index contributed by atoms with van der Waals surface area (Å²) in [6, 6.07) is 0. The maximum absolute atomic E-state index is 5.23. The molecule has 0 fully saturated rings. The van der Waals surface area contributed by atoms with Crippen molar-refractivity contribution in [2.24, 2.45) is 21.5 Å². The fraction of sp³-hybridized carbons (Fsp3) is 0.750. The normalized spacial score (nSPS) is 11.1. The molecule has 0 heterocycles. The number of rotatable bonds is 5. The van der Waals surface area contributed by atoms with Crippen LogP contribution in [-0.2, 0) is 4.74 Å². The van der Waals surface area contributed by atoms with Gasteiger partial charge in [-0.15, -0.1) is 0 Å². The van der Waals surface area contributed by atoms with Crippen LogP contribution in [0.25, 0.3) is 0 Å². The van der Waals surface area contributed by atoms with Crippen molar-refractivity contribution >= 4 is 11.9 Å². The number of nitrogens with zero attached hydrogens (tertiary/aromatic N) is 2. The Morgan fingerprint density at radius 2 is 2.07 bits per heavy atom. The second-order valence-corrected chi connectivity index (χ2v) is 2.47. The van der Waals surface area contributed by atoms with E-state index < -0.39 is 0 Å². The summed E-state index contributed by atoms with van der Waals surface area (Å²) in [6.45, 7) is 6.42. The summed E-state index contributed by atoms with van der Waals surface area (Å²) in [6.07, 6.45) is 0. The third-order valence-corrected chi connectivity index (χ3v) is 1.27. The number of nitrogens with two attached hydrogens (primary N) is 2. The molecule has 0 aliphatic rings. The van der Waals surface area contributed by atoms with E-state index in [1.807, 2.05) is 13.8 Å². The molecule has 0 aliphatic heterocycles. The molecule has 0 saturated carbocycles. The number of hydrogen-bond donors (Lipinski definition) is 3. The van der Waals surface area contributed by atoms with Crippen LogP contribution in [0.15, 0.2) is 9.98 Å². The summed E-state index contributed by atoms with van der Waals surface area (Å²) in [5.74, 6) is 0.452. The minimum Gasteiger partial charge on any atom is -0.380 e. The van der Waals surface area contributed by atoms with Gasteiger partial charge in [0.25, 0.3) is 0 Å². The zero-order valence-electron chi connectivity index (χ0n) is 8.79. The van der Waals surface area contributed by atoms with Gasteiger partial charge in [-0.05, 0) is 13.8 Å². The molecule has 14 heavy (non-hydrogen) atoms. The Labute approximate surface area is 84.4 Å². The molecule has 6 nitrogen and oxygen atoms in total. The van der Waals surface area contributed by atoms with E-state index in [1.165, 1.54) is 0 Å². The highest BCUT2D eigenvalue weighted by Gasteiger charge is 1.93. The van der Waals surface area contributed by atoms with Gasteiger partial charge in [-0.25, -0.2) is 4.99 Å². The standard InChI is InChI=1S/C8H19N5O/c1-3-11-8(13-7(9)10)12-5-6-14-4-2/h3-6H2,1-2H3,(H5,9,10,11,12,13). The Balaban J connectivity index is 3.98. The van der Waals surface area contributed by atoms with E-state index in [1.54, 1.807) is 0 Å². The monoisotopic (exact) mass is 201 g/mol. The maximum Gasteiger partial charge on any atom is 0.221 e. The molecule has 82 valence electrons. The number of hydrogen-bond acceptors (Lipinski definition) is 2. The van der Waals surface area contributed by atoms with E-state index in [2.05, 4.69) is 15.3 Å². The first-order valence-electron chi connectivity index (χ1n) is 4.66. The molecule has 0 unspecified atom stereocenters. The average molecular weight is 201 g/mol. The zero-order valence-corrected chi connectivity index (χ0v) is 8.79. The molecule has 0 aromatic heterocycles. The summed E-state index contributed by atoms with van der Waals surface area (Å²) in [5, 5.41) is 2.94. The lowest BCUT2D eigenvalue weighted by molar-refractivity contribution is 0.155. The molecule has 0 radical (unpaired) electrons. The van der Waals surface area contributed by atoms with Gasteiger partial charge in [0.2, 0.25) is 5.96 Å². The highest BCUT2D eigenvalue weighted by molar-refractivity contribution is 5.93. The van der Waals surface area contributed by atoms with Crippen LogP contribution in [-0.4, -0.2) is 38.2 Å². The van der Waals surface area contributed by atoms with E-state index >= 15 is 0 Å². The second-order valence-electron chi connectivity index (χ2n) is 2.47. The Kier molecular flexibility index (Phi) is 7.53. The fourth-order valence-electron chi connectivity index (χ4n) is 0.772. The van der Waals surface area contributed by atoms with Crippen molar-refractivity contribution in [1.82, 2.24) is 5.32 Å². The van der Waals surface area contributed by atoms with Gasteiger partial charge in [0, 0.05) is 13.2 Å². The van der Waals surface area contributed by atoms with Crippen molar-refractivity contribution in [3.8, 4) is 0 Å². The van der Waals surface area contributed by atoms with E-state index in [0.29, 0.717) is 25.7 Å². The molecular weight excluding hydrogens is 182 g/mol. The van der Waals surface area contributed by atoms with Crippen LogP contribution in [0, 0.1) is 0 Å². The van der Waals surface area contributed by atoms with Crippen molar-refractivity contribution < 1.29 is 4.74 Å². The summed E-state index contributed by atoms with van der Waals surface area (Å²) in [4.78, 5) is 7.94.